The quantitative estimate of drug-likeness (QED) is 0.511. The Labute approximate surface area is 189 Å². The number of ether oxygens (including phenoxy) is 2. The molecule has 1 aromatic heterocycles. The molecule has 0 bridgehead atoms. The molecule has 4 rings (SSSR count). The van der Waals surface area contributed by atoms with Gasteiger partial charge < -0.3 is 14.4 Å². The molecule has 3 aromatic rings. The number of nitrogens with zero attached hydrogens (tertiary/aromatic N) is 3. The summed E-state index contributed by atoms with van der Waals surface area (Å²) in [5.41, 5.74) is 6.33. The normalized spacial score (nSPS) is 14.6. The summed E-state index contributed by atoms with van der Waals surface area (Å²) in [4.78, 5) is 9.91. The minimum Gasteiger partial charge on any atom is -0.493 e. The summed E-state index contributed by atoms with van der Waals surface area (Å²) in [6.45, 7) is 12.1. The van der Waals surface area contributed by atoms with Crippen LogP contribution in [0.4, 0.5) is 5.69 Å². The zero-order valence-electron chi connectivity index (χ0n) is 18.9. The summed E-state index contributed by atoms with van der Waals surface area (Å²) in [7, 11) is 1.67. The number of hydrogen-bond acceptors (Lipinski definition) is 6. The largest absolute Gasteiger partial charge is 0.493 e. The van der Waals surface area contributed by atoms with E-state index in [2.05, 4.69) is 53.3 Å². The molecule has 164 valence electrons. The van der Waals surface area contributed by atoms with Crippen LogP contribution in [0, 0.1) is 13.8 Å². The van der Waals surface area contributed by atoms with Crippen molar-refractivity contribution in [1.82, 2.24) is 9.88 Å². The van der Waals surface area contributed by atoms with Gasteiger partial charge in [-0.15, -0.1) is 11.3 Å². The molecule has 1 fully saturated rings. The maximum atomic E-state index is 5.63. The summed E-state index contributed by atoms with van der Waals surface area (Å²) >= 11 is 1.69. The van der Waals surface area contributed by atoms with Gasteiger partial charge in [-0.2, -0.15) is 0 Å². The molecular formula is C25H31N3O2S. The first kappa shape index (κ1) is 21.7. The Morgan fingerprint density at radius 2 is 1.84 bits per heavy atom. The molecule has 2 aromatic carbocycles. The van der Waals surface area contributed by atoms with E-state index in [1.54, 1.807) is 18.4 Å². The van der Waals surface area contributed by atoms with Crippen LogP contribution < -0.4 is 14.4 Å². The Morgan fingerprint density at radius 3 is 2.58 bits per heavy atom. The molecule has 31 heavy (non-hydrogen) atoms. The van der Waals surface area contributed by atoms with Crippen LogP contribution in [0.3, 0.4) is 0 Å². The number of hydrogen-bond donors (Lipinski definition) is 0. The summed E-state index contributed by atoms with van der Waals surface area (Å²) in [5, 5.41) is 3.19. The first-order valence-corrected chi connectivity index (χ1v) is 11.8. The second-order valence-corrected chi connectivity index (χ2v) is 8.78. The predicted octanol–water partition coefficient (Wildman–Crippen LogP) is 5.16. The fraction of sp³-hybridized carbons (Fsp3) is 0.400. The van der Waals surface area contributed by atoms with Crippen molar-refractivity contribution < 1.29 is 9.47 Å². The second kappa shape index (κ2) is 9.71. The van der Waals surface area contributed by atoms with Gasteiger partial charge in [-0.05, 0) is 56.2 Å². The topological polar surface area (TPSA) is 37.8 Å². The van der Waals surface area contributed by atoms with Gasteiger partial charge in [0.15, 0.2) is 11.5 Å². The molecular weight excluding hydrogens is 406 g/mol. The lowest BCUT2D eigenvalue weighted by Crippen LogP contribution is -2.46. The Balaban J connectivity index is 1.38. The molecule has 2 heterocycles. The van der Waals surface area contributed by atoms with E-state index in [-0.39, 0.29) is 0 Å². The SMILES string of the molecule is CCOc1ccc(-c2nc(CN3CCN(c4cccc(C)c4C)CC3)cs2)cc1OC. The van der Waals surface area contributed by atoms with Gasteiger partial charge in [0.1, 0.15) is 5.01 Å². The summed E-state index contributed by atoms with van der Waals surface area (Å²) in [6, 6.07) is 12.6. The molecule has 5 nitrogen and oxygen atoms in total. The lowest BCUT2D eigenvalue weighted by molar-refractivity contribution is 0.247. The fourth-order valence-electron chi connectivity index (χ4n) is 4.04. The first-order chi connectivity index (χ1) is 15.1. The third-order valence-electron chi connectivity index (χ3n) is 5.94. The van der Waals surface area contributed by atoms with Crippen LogP contribution in [0.5, 0.6) is 11.5 Å². The van der Waals surface area contributed by atoms with Gasteiger partial charge in [0.25, 0.3) is 0 Å². The third-order valence-corrected chi connectivity index (χ3v) is 6.88. The van der Waals surface area contributed by atoms with Crippen molar-refractivity contribution in [3.05, 3.63) is 58.6 Å². The molecule has 1 aliphatic heterocycles. The van der Waals surface area contributed by atoms with Gasteiger partial charge >= 0.3 is 0 Å². The molecule has 0 unspecified atom stereocenters. The predicted molar refractivity (Wildman–Crippen MR) is 129 cm³/mol. The number of aryl methyl sites for hydroxylation is 1. The molecule has 0 amide bonds. The standard InChI is InChI=1S/C25H31N3O2S/c1-5-30-23-10-9-20(15-24(23)29-4)25-26-21(17-31-25)16-27-11-13-28(14-12-27)22-8-6-7-18(2)19(22)3/h6-10,15,17H,5,11-14,16H2,1-4H3. The van der Waals surface area contributed by atoms with Crippen molar-refractivity contribution in [2.45, 2.75) is 27.3 Å². The highest BCUT2D eigenvalue weighted by Gasteiger charge is 2.20. The van der Waals surface area contributed by atoms with Crippen LogP contribution >= 0.6 is 11.3 Å². The van der Waals surface area contributed by atoms with Crippen molar-refractivity contribution in [2.24, 2.45) is 0 Å². The van der Waals surface area contributed by atoms with Gasteiger partial charge in [-0.3, -0.25) is 4.90 Å². The zero-order valence-corrected chi connectivity index (χ0v) is 19.7. The Morgan fingerprint density at radius 1 is 1.03 bits per heavy atom. The molecule has 0 radical (unpaired) electrons. The Bertz CT molecular complexity index is 1030. The molecule has 6 heteroatoms. The Kier molecular flexibility index (Phi) is 6.78. The van der Waals surface area contributed by atoms with Gasteiger partial charge in [0.2, 0.25) is 0 Å². The van der Waals surface area contributed by atoms with Crippen molar-refractivity contribution >= 4 is 17.0 Å². The van der Waals surface area contributed by atoms with Crippen LogP contribution in [0.15, 0.2) is 41.8 Å². The van der Waals surface area contributed by atoms with E-state index in [1.165, 1.54) is 16.8 Å². The van der Waals surface area contributed by atoms with E-state index >= 15 is 0 Å². The maximum Gasteiger partial charge on any atom is 0.161 e. The maximum absolute atomic E-state index is 5.63. The number of thiazole rings is 1. The summed E-state index contributed by atoms with van der Waals surface area (Å²) in [6.07, 6.45) is 0. The van der Waals surface area contributed by atoms with E-state index < -0.39 is 0 Å². The van der Waals surface area contributed by atoms with Crippen LogP contribution in [-0.2, 0) is 6.54 Å². The van der Waals surface area contributed by atoms with E-state index in [1.807, 2.05) is 19.1 Å². The number of anilines is 1. The number of piperazine rings is 1. The number of methoxy groups -OCH3 is 1. The van der Waals surface area contributed by atoms with Gasteiger partial charge in [-0.25, -0.2) is 4.98 Å². The van der Waals surface area contributed by atoms with Crippen molar-refractivity contribution in [2.75, 3.05) is 44.8 Å². The lowest BCUT2D eigenvalue weighted by atomic mass is 10.1. The highest BCUT2D eigenvalue weighted by atomic mass is 32.1. The van der Waals surface area contributed by atoms with E-state index in [0.29, 0.717) is 6.61 Å². The molecule has 0 spiro atoms. The number of aromatic nitrogens is 1. The average Bonchev–Trinajstić information content (AvgIpc) is 3.25. The van der Waals surface area contributed by atoms with Gasteiger partial charge in [0, 0.05) is 49.4 Å². The van der Waals surface area contributed by atoms with Crippen molar-refractivity contribution in [3.8, 4) is 22.1 Å². The number of benzene rings is 2. The minimum absolute atomic E-state index is 0.619. The molecule has 1 saturated heterocycles. The first-order valence-electron chi connectivity index (χ1n) is 10.9. The van der Waals surface area contributed by atoms with Crippen LogP contribution in [0.1, 0.15) is 23.7 Å². The summed E-state index contributed by atoms with van der Waals surface area (Å²) < 4.78 is 11.1. The van der Waals surface area contributed by atoms with E-state index in [9.17, 15) is 0 Å². The van der Waals surface area contributed by atoms with Crippen LogP contribution in [0.25, 0.3) is 10.6 Å². The lowest BCUT2D eigenvalue weighted by Gasteiger charge is -2.36. The Hall–Kier alpha value is -2.57. The molecule has 0 atom stereocenters. The van der Waals surface area contributed by atoms with Crippen LogP contribution in [0.2, 0.25) is 0 Å². The smallest absolute Gasteiger partial charge is 0.161 e. The van der Waals surface area contributed by atoms with Gasteiger partial charge in [0.05, 0.1) is 19.4 Å². The minimum atomic E-state index is 0.619. The number of rotatable bonds is 7. The van der Waals surface area contributed by atoms with Gasteiger partial charge in [-0.1, -0.05) is 12.1 Å². The summed E-state index contributed by atoms with van der Waals surface area (Å²) in [5.74, 6) is 1.52. The molecule has 0 N–H and O–H groups in total. The highest BCUT2D eigenvalue weighted by Crippen LogP contribution is 2.34. The highest BCUT2D eigenvalue weighted by molar-refractivity contribution is 7.13. The molecule has 1 aliphatic rings. The van der Waals surface area contributed by atoms with E-state index in [4.69, 9.17) is 14.5 Å². The molecule has 0 aliphatic carbocycles. The second-order valence-electron chi connectivity index (χ2n) is 7.92. The zero-order chi connectivity index (χ0) is 21.8. The third kappa shape index (κ3) is 4.86. The van der Waals surface area contributed by atoms with Crippen molar-refractivity contribution in [3.63, 3.8) is 0 Å². The van der Waals surface area contributed by atoms with E-state index in [0.717, 1.165) is 60.5 Å². The van der Waals surface area contributed by atoms with Crippen LogP contribution in [-0.4, -0.2) is 49.8 Å². The average molecular weight is 438 g/mol. The van der Waals surface area contributed by atoms with Crippen molar-refractivity contribution in [1.29, 1.82) is 0 Å². The fourth-order valence-corrected chi connectivity index (χ4v) is 4.85. The monoisotopic (exact) mass is 437 g/mol. The molecule has 0 saturated carbocycles.